The Bertz CT molecular complexity index is 440. The monoisotopic (exact) mass is 335 g/mol. The highest BCUT2D eigenvalue weighted by Crippen LogP contribution is 2.30. The Hall–Kier alpha value is -0.630. The summed E-state index contributed by atoms with van der Waals surface area (Å²) in [6.45, 7) is 3.18. The van der Waals surface area contributed by atoms with Crippen LogP contribution in [0.5, 0.6) is 0 Å². The highest BCUT2D eigenvalue weighted by Gasteiger charge is 2.41. The van der Waals surface area contributed by atoms with Crippen molar-refractivity contribution < 1.29 is 5.11 Å². The molecule has 88 valence electrons. The van der Waals surface area contributed by atoms with Crippen molar-refractivity contribution in [3.63, 3.8) is 0 Å². The molecule has 16 heavy (non-hydrogen) atoms. The summed E-state index contributed by atoms with van der Waals surface area (Å²) in [5.74, 6) is 0.671. The fourth-order valence-electron chi connectivity index (χ4n) is 2.03. The van der Waals surface area contributed by atoms with E-state index in [9.17, 15) is 9.90 Å². The van der Waals surface area contributed by atoms with Gasteiger partial charge in [-0.2, -0.15) is 0 Å². The van der Waals surface area contributed by atoms with E-state index >= 15 is 0 Å². The molecular formula is C10H14IN3O2. The number of nitrogens with zero attached hydrogens (tertiary/aromatic N) is 2. The number of H-pyrrole nitrogens is 1. The van der Waals surface area contributed by atoms with Crippen LogP contribution in [-0.2, 0) is 0 Å². The third-order valence-electron chi connectivity index (χ3n) is 2.76. The number of rotatable bonds is 3. The van der Waals surface area contributed by atoms with Crippen LogP contribution in [0.25, 0.3) is 0 Å². The number of aromatic nitrogens is 2. The Morgan fingerprint density at radius 3 is 3.00 bits per heavy atom. The molecule has 0 atom stereocenters. The minimum absolute atomic E-state index is 0.128. The molecule has 2 N–H and O–H groups in total. The number of nitrogens with one attached hydrogen (secondary N) is 1. The van der Waals surface area contributed by atoms with Crippen LogP contribution in [0.3, 0.4) is 0 Å². The molecule has 0 saturated carbocycles. The average Bonchev–Trinajstić information content (AvgIpc) is 2.19. The van der Waals surface area contributed by atoms with Crippen molar-refractivity contribution in [3.8, 4) is 0 Å². The molecule has 0 amide bonds. The second-order valence-corrected chi connectivity index (χ2v) is 5.28. The molecule has 1 saturated heterocycles. The van der Waals surface area contributed by atoms with Crippen LogP contribution < -0.4 is 10.5 Å². The quantitative estimate of drug-likeness (QED) is 0.799. The molecule has 0 radical (unpaired) electrons. The predicted octanol–water partition coefficient (Wildman–Crippen LogP) is 0.726. The molecule has 0 bridgehead atoms. The van der Waals surface area contributed by atoms with Gasteiger partial charge in [0.05, 0.1) is 25.0 Å². The molecule has 1 aliphatic rings. The molecule has 0 aliphatic carbocycles. The fraction of sp³-hybridized carbons (Fsp3) is 0.600. The van der Waals surface area contributed by atoms with E-state index in [1.54, 1.807) is 0 Å². The number of β-amino-alcohol motifs (C(OH)–C–C–N with tert-alkyl or cyclic N) is 1. The van der Waals surface area contributed by atoms with Gasteiger partial charge in [0.1, 0.15) is 9.39 Å². The van der Waals surface area contributed by atoms with Gasteiger partial charge in [0, 0.05) is 0 Å². The number of aliphatic hydroxyl groups is 1. The third kappa shape index (κ3) is 2.08. The van der Waals surface area contributed by atoms with Gasteiger partial charge in [-0.05, 0) is 29.0 Å². The van der Waals surface area contributed by atoms with Crippen LogP contribution in [0.15, 0.2) is 11.1 Å². The molecule has 1 fully saturated rings. The zero-order valence-electron chi connectivity index (χ0n) is 9.03. The van der Waals surface area contributed by atoms with Gasteiger partial charge in [-0.3, -0.25) is 4.79 Å². The summed E-state index contributed by atoms with van der Waals surface area (Å²) in [6.07, 6.45) is 3.16. The van der Waals surface area contributed by atoms with E-state index in [0.717, 1.165) is 12.8 Å². The summed E-state index contributed by atoms with van der Waals surface area (Å²) in [4.78, 5) is 20.0. The summed E-state index contributed by atoms with van der Waals surface area (Å²) < 4.78 is 0.582. The van der Waals surface area contributed by atoms with Gasteiger partial charge in [-0.15, -0.1) is 0 Å². The lowest BCUT2D eigenvalue weighted by Gasteiger charge is -2.47. The normalized spacial score (nSPS) is 18.3. The number of hydrogen-bond donors (Lipinski definition) is 2. The highest BCUT2D eigenvalue weighted by atomic mass is 127. The Morgan fingerprint density at radius 2 is 2.38 bits per heavy atom. The van der Waals surface area contributed by atoms with Gasteiger partial charge < -0.3 is 15.0 Å². The van der Waals surface area contributed by atoms with Gasteiger partial charge in [0.15, 0.2) is 0 Å². The van der Waals surface area contributed by atoms with Crippen LogP contribution in [0, 0.1) is 3.57 Å². The van der Waals surface area contributed by atoms with Crippen LogP contribution in [0.1, 0.15) is 19.8 Å². The van der Waals surface area contributed by atoms with Crippen molar-refractivity contribution >= 4 is 28.4 Å². The van der Waals surface area contributed by atoms with E-state index in [4.69, 9.17) is 0 Å². The zero-order chi connectivity index (χ0) is 11.8. The molecule has 6 heteroatoms. The van der Waals surface area contributed by atoms with E-state index in [1.807, 2.05) is 27.5 Å². The predicted molar refractivity (Wildman–Crippen MR) is 69.6 cm³/mol. The van der Waals surface area contributed by atoms with E-state index in [-0.39, 0.29) is 5.56 Å². The first-order valence-electron chi connectivity index (χ1n) is 5.26. The number of aromatic amines is 1. The van der Waals surface area contributed by atoms with Crippen molar-refractivity contribution in [2.45, 2.75) is 25.4 Å². The zero-order valence-corrected chi connectivity index (χ0v) is 11.2. The second-order valence-electron chi connectivity index (χ2n) is 4.20. The molecule has 2 heterocycles. The van der Waals surface area contributed by atoms with Gasteiger partial charge in [0.25, 0.3) is 5.56 Å². The highest BCUT2D eigenvalue weighted by molar-refractivity contribution is 14.1. The largest absolute Gasteiger partial charge is 0.386 e. The Morgan fingerprint density at radius 1 is 1.69 bits per heavy atom. The maximum absolute atomic E-state index is 11.4. The minimum atomic E-state index is -0.595. The molecule has 1 aromatic rings. The summed E-state index contributed by atoms with van der Waals surface area (Å²) in [6, 6.07) is 0. The maximum atomic E-state index is 11.4. The second kappa shape index (κ2) is 4.33. The van der Waals surface area contributed by atoms with Crippen LogP contribution >= 0.6 is 22.6 Å². The van der Waals surface area contributed by atoms with E-state index in [0.29, 0.717) is 22.5 Å². The average molecular weight is 335 g/mol. The molecule has 2 rings (SSSR count). The summed E-state index contributed by atoms with van der Waals surface area (Å²) in [7, 11) is 0. The molecule has 0 spiro atoms. The van der Waals surface area contributed by atoms with Gasteiger partial charge in [0.2, 0.25) is 0 Å². The van der Waals surface area contributed by atoms with Crippen LogP contribution in [0.2, 0.25) is 0 Å². The van der Waals surface area contributed by atoms with Crippen molar-refractivity contribution in [2.75, 3.05) is 18.0 Å². The molecule has 0 aromatic carbocycles. The van der Waals surface area contributed by atoms with E-state index < -0.39 is 5.60 Å². The lowest BCUT2D eigenvalue weighted by molar-refractivity contribution is 0.00282. The topological polar surface area (TPSA) is 69.2 Å². The fourth-order valence-corrected chi connectivity index (χ4v) is 2.67. The van der Waals surface area contributed by atoms with Crippen molar-refractivity contribution in [2.24, 2.45) is 0 Å². The number of halogens is 1. The Kier molecular flexibility index (Phi) is 3.20. The van der Waals surface area contributed by atoms with Crippen molar-refractivity contribution in [1.82, 2.24) is 9.97 Å². The van der Waals surface area contributed by atoms with Crippen LogP contribution in [-0.4, -0.2) is 33.8 Å². The molecule has 5 nitrogen and oxygen atoms in total. The first-order valence-corrected chi connectivity index (χ1v) is 6.34. The SMILES string of the molecule is CCCC1(O)CN(c2nc[nH]c(=O)c2I)C1. The first kappa shape index (κ1) is 11.8. The third-order valence-corrected chi connectivity index (χ3v) is 3.74. The van der Waals surface area contributed by atoms with E-state index in [2.05, 4.69) is 16.9 Å². The standard InChI is InChI=1S/C10H14IN3O2/c1-2-3-10(16)4-14(5-10)8-7(11)9(15)13-6-12-8/h6,16H,2-5H2,1H3,(H,12,13,15). The minimum Gasteiger partial charge on any atom is -0.386 e. The lowest BCUT2D eigenvalue weighted by Crippen LogP contribution is -2.62. The van der Waals surface area contributed by atoms with Gasteiger partial charge >= 0.3 is 0 Å². The van der Waals surface area contributed by atoms with Gasteiger partial charge in [-0.25, -0.2) is 4.98 Å². The summed E-state index contributed by atoms with van der Waals surface area (Å²) in [5, 5.41) is 10.0. The number of hydrogen-bond acceptors (Lipinski definition) is 4. The number of anilines is 1. The smallest absolute Gasteiger partial charge is 0.266 e. The van der Waals surface area contributed by atoms with Crippen LogP contribution in [0.4, 0.5) is 5.82 Å². The summed E-state index contributed by atoms with van der Waals surface area (Å²) >= 11 is 1.98. The molecule has 0 unspecified atom stereocenters. The molecule has 1 aliphatic heterocycles. The maximum Gasteiger partial charge on any atom is 0.266 e. The Balaban J connectivity index is 2.12. The summed E-state index contributed by atoms with van der Waals surface area (Å²) in [5.41, 5.74) is -0.723. The van der Waals surface area contributed by atoms with E-state index in [1.165, 1.54) is 6.33 Å². The van der Waals surface area contributed by atoms with Crippen molar-refractivity contribution in [3.05, 3.63) is 20.3 Å². The molecular weight excluding hydrogens is 321 g/mol. The van der Waals surface area contributed by atoms with Gasteiger partial charge in [-0.1, -0.05) is 13.3 Å². The Labute approximate surface area is 107 Å². The lowest BCUT2D eigenvalue weighted by atomic mass is 9.89. The van der Waals surface area contributed by atoms with Crippen molar-refractivity contribution in [1.29, 1.82) is 0 Å². The molecule has 1 aromatic heterocycles. The first-order chi connectivity index (χ1) is 7.56.